The summed E-state index contributed by atoms with van der Waals surface area (Å²) in [6, 6.07) is 6.54. The van der Waals surface area contributed by atoms with Gasteiger partial charge in [-0.2, -0.15) is 13.2 Å². The monoisotopic (exact) mass is 539 g/mol. The number of thiazole rings is 1. The summed E-state index contributed by atoms with van der Waals surface area (Å²) < 4.78 is 37.4. The van der Waals surface area contributed by atoms with E-state index in [0.717, 1.165) is 67.2 Å². The molecule has 13 heteroatoms. The highest BCUT2D eigenvalue weighted by Gasteiger charge is 2.38. The van der Waals surface area contributed by atoms with Crippen LogP contribution in [0, 0.1) is 0 Å². The van der Waals surface area contributed by atoms with Gasteiger partial charge in [0.05, 0.1) is 11.6 Å². The standard InChI is InChI=1S/C22H27N5O2S.C2HF3O2/c1-15-5-3-4-8-27(15)22(28)19-14-23-21(30-19)20-17-7-6-16(13-18(17)29-24-20)26-11-9-25(2)10-12-26;3-2(4,5)1(6)7/h6-7,13-15H,3-5,8-12H2,1-2H3;(H,6,7). The third-order valence-electron chi connectivity index (χ3n) is 6.55. The second-order valence-electron chi connectivity index (χ2n) is 9.18. The molecule has 0 aliphatic carbocycles. The maximum Gasteiger partial charge on any atom is 0.490 e. The summed E-state index contributed by atoms with van der Waals surface area (Å²) in [6.45, 7) is 7.10. The molecule has 1 unspecified atom stereocenters. The second kappa shape index (κ2) is 11.1. The number of halogens is 3. The zero-order chi connectivity index (χ0) is 26.7. The van der Waals surface area contributed by atoms with Crippen molar-refractivity contribution in [2.75, 3.05) is 44.7 Å². The van der Waals surface area contributed by atoms with Gasteiger partial charge in [-0.25, -0.2) is 9.78 Å². The summed E-state index contributed by atoms with van der Waals surface area (Å²) in [5.74, 6) is -2.68. The first kappa shape index (κ1) is 26.9. The lowest BCUT2D eigenvalue weighted by Gasteiger charge is -2.33. The number of anilines is 1. The third kappa shape index (κ3) is 6.21. The number of amides is 1. The van der Waals surface area contributed by atoms with E-state index in [0.29, 0.717) is 10.6 Å². The molecule has 0 spiro atoms. The number of nitrogens with zero attached hydrogens (tertiary/aromatic N) is 5. The van der Waals surface area contributed by atoms with Crippen LogP contribution in [0.5, 0.6) is 0 Å². The molecule has 1 aromatic carbocycles. The minimum atomic E-state index is -5.08. The van der Waals surface area contributed by atoms with Crippen molar-refractivity contribution in [2.24, 2.45) is 0 Å². The van der Waals surface area contributed by atoms with E-state index in [2.05, 4.69) is 52.1 Å². The minimum absolute atomic E-state index is 0.0797. The molecule has 1 atom stereocenters. The Morgan fingerprint density at radius 3 is 2.49 bits per heavy atom. The number of hydrogen-bond donors (Lipinski definition) is 1. The molecule has 0 bridgehead atoms. The van der Waals surface area contributed by atoms with E-state index in [-0.39, 0.29) is 11.9 Å². The van der Waals surface area contributed by atoms with Crippen molar-refractivity contribution in [3.63, 3.8) is 0 Å². The molecule has 4 heterocycles. The topological polar surface area (TPSA) is 103 Å². The Kier molecular flexibility index (Phi) is 8.02. The summed E-state index contributed by atoms with van der Waals surface area (Å²) in [7, 11) is 2.15. The Morgan fingerprint density at radius 2 is 1.84 bits per heavy atom. The third-order valence-corrected chi connectivity index (χ3v) is 7.54. The van der Waals surface area contributed by atoms with Gasteiger partial charge >= 0.3 is 12.1 Å². The Hall–Kier alpha value is -3.19. The van der Waals surface area contributed by atoms with Crippen molar-refractivity contribution >= 4 is 39.9 Å². The van der Waals surface area contributed by atoms with E-state index in [9.17, 15) is 18.0 Å². The van der Waals surface area contributed by atoms with Gasteiger partial charge in [-0.15, -0.1) is 11.3 Å². The highest BCUT2D eigenvalue weighted by Crippen LogP contribution is 2.34. The van der Waals surface area contributed by atoms with Crippen LogP contribution in [0.15, 0.2) is 28.9 Å². The van der Waals surface area contributed by atoms with Gasteiger partial charge in [0.25, 0.3) is 5.91 Å². The summed E-state index contributed by atoms with van der Waals surface area (Å²) in [5, 5.41) is 13.1. The Balaban J connectivity index is 0.000000405. The van der Waals surface area contributed by atoms with Gasteiger partial charge in [-0.3, -0.25) is 4.79 Å². The smallest absolute Gasteiger partial charge is 0.475 e. The normalized spacial score (nSPS) is 19.0. The van der Waals surface area contributed by atoms with E-state index in [1.807, 2.05) is 4.90 Å². The molecule has 2 saturated heterocycles. The van der Waals surface area contributed by atoms with Crippen molar-refractivity contribution < 1.29 is 32.4 Å². The molecule has 0 radical (unpaired) electrons. The molecule has 0 saturated carbocycles. The van der Waals surface area contributed by atoms with Crippen LogP contribution in [0.3, 0.4) is 0 Å². The number of carbonyl (C=O) groups is 2. The number of piperazine rings is 1. The van der Waals surface area contributed by atoms with Crippen molar-refractivity contribution in [3.05, 3.63) is 29.3 Å². The maximum atomic E-state index is 12.9. The van der Waals surface area contributed by atoms with Gasteiger partial charge in [0.2, 0.25) is 0 Å². The molecule has 5 rings (SSSR count). The van der Waals surface area contributed by atoms with Gasteiger partial charge in [-0.1, -0.05) is 5.16 Å². The number of hydrogen-bond acceptors (Lipinski definition) is 8. The number of fused-ring (bicyclic) bond motifs is 1. The average molecular weight is 540 g/mol. The maximum absolute atomic E-state index is 12.9. The molecule has 200 valence electrons. The summed E-state index contributed by atoms with van der Waals surface area (Å²) in [5.41, 5.74) is 2.63. The van der Waals surface area contributed by atoms with Crippen LogP contribution >= 0.6 is 11.3 Å². The predicted molar refractivity (Wildman–Crippen MR) is 133 cm³/mol. The van der Waals surface area contributed by atoms with Crippen LogP contribution in [0.1, 0.15) is 35.9 Å². The predicted octanol–water partition coefficient (Wildman–Crippen LogP) is 4.35. The zero-order valence-corrected chi connectivity index (χ0v) is 21.3. The molecule has 2 aromatic heterocycles. The van der Waals surface area contributed by atoms with Crippen molar-refractivity contribution in [1.82, 2.24) is 19.9 Å². The Morgan fingerprint density at radius 1 is 1.14 bits per heavy atom. The fourth-order valence-electron chi connectivity index (χ4n) is 4.37. The fraction of sp³-hybridized carbons (Fsp3) is 0.500. The Bertz CT molecular complexity index is 1250. The molecular formula is C24H28F3N5O4S. The molecule has 2 aliphatic heterocycles. The molecule has 3 aromatic rings. The fourth-order valence-corrected chi connectivity index (χ4v) is 5.23. The highest BCUT2D eigenvalue weighted by atomic mass is 32.1. The van der Waals surface area contributed by atoms with Gasteiger partial charge in [0.15, 0.2) is 5.58 Å². The molecule has 2 aliphatic rings. The second-order valence-corrected chi connectivity index (χ2v) is 10.2. The van der Waals surface area contributed by atoms with E-state index in [4.69, 9.17) is 14.4 Å². The molecule has 1 N–H and O–H groups in total. The lowest BCUT2D eigenvalue weighted by atomic mass is 10.0. The van der Waals surface area contributed by atoms with Gasteiger partial charge < -0.3 is 24.3 Å². The molecular weight excluding hydrogens is 511 g/mol. The largest absolute Gasteiger partial charge is 0.490 e. The lowest BCUT2D eigenvalue weighted by Crippen LogP contribution is -2.44. The molecule has 1 amide bonds. The zero-order valence-electron chi connectivity index (χ0n) is 20.5. The average Bonchev–Trinajstić information content (AvgIpc) is 3.51. The molecule has 37 heavy (non-hydrogen) atoms. The van der Waals surface area contributed by atoms with Crippen LogP contribution in [-0.2, 0) is 4.79 Å². The van der Waals surface area contributed by atoms with Gasteiger partial charge in [-0.05, 0) is 45.4 Å². The number of carboxylic acid groups (broad SMARTS) is 1. The number of benzene rings is 1. The van der Waals surface area contributed by atoms with E-state index in [1.165, 1.54) is 17.8 Å². The van der Waals surface area contributed by atoms with Crippen molar-refractivity contribution in [3.8, 4) is 10.7 Å². The number of piperidine rings is 1. The van der Waals surface area contributed by atoms with Crippen LogP contribution in [0.2, 0.25) is 0 Å². The van der Waals surface area contributed by atoms with Crippen LogP contribution in [0.25, 0.3) is 21.7 Å². The number of aliphatic carboxylic acids is 1. The lowest BCUT2D eigenvalue weighted by molar-refractivity contribution is -0.192. The number of aromatic nitrogens is 2. The molecule has 2 fully saturated rings. The Labute approximate surface area is 215 Å². The first-order valence-corrected chi connectivity index (χ1v) is 12.8. The number of alkyl halides is 3. The number of carbonyl (C=O) groups excluding carboxylic acids is 1. The van der Waals surface area contributed by atoms with Crippen molar-refractivity contribution in [1.29, 1.82) is 0 Å². The minimum Gasteiger partial charge on any atom is -0.475 e. The first-order chi connectivity index (χ1) is 17.5. The number of likely N-dealkylation sites (tertiary alicyclic amines) is 1. The highest BCUT2D eigenvalue weighted by molar-refractivity contribution is 7.17. The SMILES string of the molecule is CC1CCCCN1C(=O)c1cnc(-c2noc3cc(N4CCN(C)CC4)ccc23)s1.O=C(O)C(F)(F)F. The van der Waals surface area contributed by atoms with E-state index < -0.39 is 12.1 Å². The first-order valence-electron chi connectivity index (χ1n) is 11.9. The van der Waals surface area contributed by atoms with Crippen LogP contribution in [-0.4, -0.2) is 88.9 Å². The summed E-state index contributed by atoms with van der Waals surface area (Å²) >= 11 is 1.40. The van der Waals surface area contributed by atoms with E-state index >= 15 is 0 Å². The van der Waals surface area contributed by atoms with Crippen molar-refractivity contribution in [2.45, 2.75) is 38.4 Å². The van der Waals surface area contributed by atoms with Gasteiger partial charge in [0.1, 0.15) is 15.6 Å². The van der Waals surface area contributed by atoms with Gasteiger partial charge in [0, 0.05) is 50.5 Å². The number of rotatable bonds is 3. The van der Waals surface area contributed by atoms with Crippen LogP contribution in [0.4, 0.5) is 18.9 Å². The summed E-state index contributed by atoms with van der Waals surface area (Å²) in [4.78, 5) is 33.7. The summed E-state index contributed by atoms with van der Waals surface area (Å²) in [6.07, 6.45) is -0.0605. The quantitative estimate of drug-likeness (QED) is 0.524. The number of carboxylic acids is 1. The molecule has 9 nitrogen and oxygen atoms in total. The number of likely N-dealkylation sites (N-methyl/N-ethyl adjacent to an activating group) is 1. The van der Waals surface area contributed by atoms with E-state index in [1.54, 1.807) is 6.20 Å². The van der Waals surface area contributed by atoms with Crippen LogP contribution < -0.4 is 4.90 Å².